The molecule has 2 N–H and O–H groups in total. The molecule has 22 heavy (non-hydrogen) atoms. The minimum atomic E-state index is -0.709. The summed E-state index contributed by atoms with van der Waals surface area (Å²) in [7, 11) is 0. The Bertz CT molecular complexity index is 476. The predicted molar refractivity (Wildman–Crippen MR) is 103 cm³/mol. The smallest absolute Gasteiger partial charge is 0.306 e. The zero-order valence-electron chi connectivity index (χ0n) is 13.0. The summed E-state index contributed by atoms with van der Waals surface area (Å²) in [5.41, 5.74) is 1.35. The second-order valence-electron chi connectivity index (χ2n) is 5.57. The maximum absolute atomic E-state index is 10.7. The summed E-state index contributed by atoms with van der Waals surface area (Å²) >= 11 is 7.64. The fourth-order valence-corrected chi connectivity index (χ4v) is 2.73. The number of nitrogens with one attached hydrogen (secondary N) is 1. The molecule has 0 amide bonds. The van der Waals surface area contributed by atoms with Crippen LogP contribution in [-0.2, 0) is 11.2 Å². The highest BCUT2D eigenvalue weighted by Crippen LogP contribution is 2.10. The van der Waals surface area contributed by atoms with Crippen molar-refractivity contribution < 1.29 is 9.90 Å². The van der Waals surface area contributed by atoms with E-state index in [0.717, 1.165) is 50.1 Å². The first-order chi connectivity index (χ1) is 10.5. The van der Waals surface area contributed by atoms with E-state index in [9.17, 15) is 4.79 Å². The van der Waals surface area contributed by atoms with Crippen LogP contribution in [0, 0.1) is 9.49 Å². The number of benzene rings is 1. The van der Waals surface area contributed by atoms with Crippen molar-refractivity contribution in [2.75, 3.05) is 6.54 Å². The van der Waals surface area contributed by atoms with Crippen LogP contribution < -0.4 is 5.32 Å². The molecule has 0 aliphatic rings. The van der Waals surface area contributed by atoms with E-state index in [-0.39, 0.29) is 5.92 Å². The van der Waals surface area contributed by atoms with Gasteiger partial charge in [0.2, 0.25) is 0 Å². The number of hydrogen-bond donors (Lipinski definition) is 2. The van der Waals surface area contributed by atoms with E-state index < -0.39 is 5.97 Å². The molecule has 0 saturated carbocycles. The summed E-state index contributed by atoms with van der Waals surface area (Å²) in [5, 5.41) is 12.1. The topological polar surface area (TPSA) is 49.3 Å². The van der Waals surface area contributed by atoms with Crippen molar-refractivity contribution in [3.8, 4) is 0 Å². The molecule has 1 aromatic carbocycles. The molecule has 0 aliphatic carbocycles. The highest BCUT2D eigenvalue weighted by atomic mass is 123. The van der Waals surface area contributed by atoms with Gasteiger partial charge < -0.3 is 10.4 Å². The highest BCUT2D eigenvalue weighted by molar-refractivity contribution is 14.1. The molecule has 0 radical (unpaired) electrons. The largest absolute Gasteiger partial charge is 0.481 e. The van der Waals surface area contributed by atoms with Crippen molar-refractivity contribution in [3.63, 3.8) is 0 Å². The number of hydrogen-bond acceptors (Lipinski definition) is 2. The average molecular weight is 429 g/mol. The number of aryl methyl sites for hydroxylation is 1. The molecule has 0 fully saturated rings. The molecule has 1 rings (SSSR count). The summed E-state index contributed by atoms with van der Waals surface area (Å²) in [6.45, 7) is 2.60. The summed E-state index contributed by atoms with van der Waals surface area (Å²) < 4.78 is 1.26. The van der Waals surface area contributed by atoms with Gasteiger partial charge in [0.15, 0.2) is 0 Å². The zero-order chi connectivity index (χ0) is 16.4. The second-order valence-corrected chi connectivity index (χ2v) is 7.30. The van der Waals surface area contributed by atoms with E-state index in [0.29, 0.717) is 0 Å². The van der Waals surface area contributed by atoms with Crippen molar-refractivity contribution in [3.05, 3.63) is 33.4 Å². The Morgan fingerprint density at radius 2 is 1.95 bits per heavy atom. The van der Waals surface area contributed by atoms with Crippen LogP contribution in [0.5, 0.6) is 0 Å². The Kier molecular flexibility index (Phi) is 9.63. The van der Waals surface area contributed by atoms with Crippen LogP contribution in [0.4, 0.5) is 0 Å². The van der Waals surface area contributed by atoms with Gasteiger partial charge in [0, 0.05) is 10.1 Å². The predicted octanol–water partition coefficient (Wildman–Crippen LogP) is 4.42. The van der Waals surface area contributed by atoms with Gasteiger partial charge in [0.1, 0.15) is 0 Å². The van der Waals surface area contributed by atoms with Crippen LogP contribution in [-0.4, -0.2) is 22.6 Å². The first kappa shape index (κ1) is 19.4. The first-order valence-corrected chi connectivity index (χ1v) is 9.21. The van der Waals surface area contributed by atoms with Crippen LogP contribution in [0.3, 0.4) is 0 Å². The maximum Gasteiger partial charge on any atom is 0.306 e. The molecule has 122 valence electrons. The number of thiocarbonyl (C=S) groups is 1. The van der Waals surface area contributed by atoms with Crippen molar-refractivity contribution in [1.29, 1.82) is 0 Å². The van der Waals surface area contributed by atoms with Gasteiger partial charge in [-0.2, -0.15) is 0 Å². The summed E-state index contributed by atoms with van der Waals surface area (Å²) in [4.78, 5) is 11.6. The molecule has 0 bridgehead atoms. The first-order valence-electron chi connectivity index (χ1n) is 7.73. The van der Waals surface area contributed by atoms with E-state index in [2.05, 4.69) is 52.2 Å². The van der Waals surface area contributed by atoms with Crippen molar-refractivity contribution in [2.24, 2.45) is 5.92 Å². The molecule has 0 saturated heterocycles. The van der Waals surface area contributed by atoms with Gasteiger partial charge in [-0.05, 0) is 72.4 Å². The second kappa shape index (κ2) is 10.9. The van der Waals surface area contributed by atoms with Gasteiger partial charge in [-0.3, -0.25) is 4.79 Å². The van der Waals surface area contributed by atoms with Gasteiger partial charge in [0.25, 0.3) is 0 Å². The van der Waals surface area contributed by atoms with E-state index in [1.54, 1.807) is 6.92 Å². The van der Waals surface area contributed by atoms with E-state index in [4.69, 9.17) is 17.3 Å². The Morgan fingerprint density at radius 3 is 2.59 bits per heavy atom. The zero-order valence-corrected chi connectivity index (χ0v) is 16.0. The van der Waals surface area contributed by atoms with Crippen LogP contribution in [0.2, 0.25) is 0 Å². The highest BCUT2D eigenvalue weighted by Gasteiger charge is 2.09. The van der Waals surface area contributed by atoms with Crippen molar-refractivity contribution >= 4 is 45.8 Å². The van der Waals surface area contributed by atoms with Gasteiger partial charge >= 0.3 is 5.97 Å². The molecule has 0 aliphatic heterocycles. The van der Waals surface area contributed by atoms with Crippen LogP contribution >= 0.6 is 34.8 Å². The summed E-state index contributed by atoms with van der Waals surface area (Å²) in [5.74, 6) is -0.958. The molecule has 3 nitrogen and oxygen atoms in total. The third kappa shape index (κ3) is 8.68. The number of aliphatic carboxylic acids is 1. The molecule has 0 aromatic heterocycles. The minimum absolute atomic E-state index is 0.249. The lowest BCUT2D eigenvalue weighted by Gasteiger charge is -2.09. The van der Waals surface area contributed by atoms with Gasteiger partial charge in [0.05, 0.1) is 10.9 Å². The number of halogens is 1. The normalized spacial score (nSPS) is 11.9. The molecular formula is C17H24INO2S. The number of unbranched alkanes of at least 4 members (excludes halogenated alkanes) is 1. The van der Waals surface area contributed by atoms with E-state index in [1.807, 2.05) is 0 Å². The average Bonchev–Trinajstić information content (AvgIpc) is 2.48. The summed E-state index contributed by atoms with van der Waals surface area (Å²) in [6, 6.07) is 8.60. The van der Waals surface area contributed by atoms with Crippen LogP contribution in [0.15, 0.2) is 24.3 Å². The lowest BCUT2D eigenvalue weighted by Crippen LogP contribution is -2.22. The van der Waals surface area contributed by atoms with Gasteiger partial charge in [-0.15, -0.1) is 0 Å². The lowest BCUT2D eigenvalue weighted by atomic mass is 10.0. The Balaban J connectivity index is 2.04. The molecule has 0 spiro atoms. The standard InChI is InChI=1S/C17H24INO2S/c1-13(17(20)21)5-2-3-12-19-16(22)7-4-6-14-8-10-15(18)11-9-14/h8-11,13H,2-7,12H2,1H3,(H,19,22)(H,20,21)/t13-/m0/s1/i18-4. The lowest BCUT2D eigenvalue weighted by molar-refractivity contribution is -0.141. The van der Waals surface area contributed by atoms with E-state index in [1.165, 1.54) is 9.13 Å². The molecular weight excluding hydrogens is 405 g/mol. The monoisotopic (exact) mass is 429 g/mol. The molecule has 0 unspecified atom stereocenters. The molecule has 5 heteroatoms. The number of carboxylic acid groups (broad SMARTS) is 1. The molecule has 1 aromatic rings. The number of rotatable bonds is 10. The maximum atomic E-state index is 10.7. The third-order valence-corrected chi connectivity index (χ3v) is 4.66. The van der Waals surface area contributed by atoms with Crippen LogP contribution in [0.1, 0.15) is 44.6 Å². The third-order valence-electron chi connectivity index (χ3n) is 3.59. The number of carbonyl (C=O) groups is 1. The number of carboxylic acids is 1. The Hall–Kier alpha value is -0.690. The van der Waals surface area contributed by atoms with Crippen molar-refractivity contribution in [1.82, 2.24) is 5.32 Å². The SMILES string of the molecule is C[C@@H](CCCCNC(=S)CCCc1ccc([123I])cc1)C(=O)O. The molecule has 1 atom stereocenters. The Labute approximate surface area is 152 Å². The molecule has 0 heterocycles. The van der Waals surface area contributed by atoms with Gasteiger partial charge in [-0.1, -0.05) is 37.7 Å². The Morgan fingerprint density at radius 1 is 1.27 bits per heavy atom. The fourth-order valence-electron chi connectivity index (χ4n) is 2.12. The van der Waals surface area contributed by atoms with Crippen molar-refractivity contribution in [2.45, 2.75) is 45.4 Å². The van der Waals surface area contributed by atoms with Gasteiger partial charge in [-0.25, -0.2) is 0 Å². The van der Waals surface area contributed by atoms with Crippen LogP contribution in [0.25, 0.3) is 0 Å². The fraction of sp³-hybridized carbons (Fsp3) is 0.529. The summed E-state index contributed by atoms with van der Waals surface area (Å²) in [6.07, 6.45) is 5.64. The van der Waals surface area contributed by atoms with E-state index >= 15 is 0 Å². The quantitative estimate of drug-likeness (QED) is 0.329. The minimum Gasteiger partial charge on any atom is -0.481 e.